The molecule has 1 saturated carbocycles. The number of aromatic nitrogens is 1. The summed E-state index contributed by atoms with van der Waals surface area (Å²) in [6, 6.07) is 1.55. The van der Waals surface area contributed by atoms with Gasteiger partial charge in [0.1, 0.15) is 0 Å². The van der Waals surface area contributed by atoms with Crippen LogP contribution in [0.3, 0.4) is 0 Å². The van der Waals surface area contributed by atoms with Crippen LogP contribution in [0.5, 0.6) is 0 Å². The zero-order valence-electron chi connectivity index (χ0n) is 11.9. The minimum absolute atomic E-state index is 0.0276. The van der Waals surface area contributed by atoms with Crippen LogP contribution in [0.2, 0.25) is 5.02 Å². The van der Waals surface area contributed by atoms with E-state index in [1.807, 2.05) is 0 Å². The second-order valence-electron chi connectivity index (χ2n) is 5.99. The van der Waals surface area contributed by atoms with Crippen LogP contribution in [0.25, 0.3) is 0 Å². The number of halogens is 1. The van der Waals surface area contributed by atoms with Crippen molar-refractivity contribution in [2.75, 3.05) is 6.61 Å². The molecule has 1 aromatic heterocycles. The molecule has 2 N–H and O–H groups in total. The third-order valence-electron chi connectivity index (χ3n) is 4.43. The highest BCUT2D eigenvalue weighted by Gasteiger charge is 2.51. The van der Waals surface area contributed by atoms with Gasteiger partial charge in [-0.05, 0) is 31.7 Å². The van der Waals surface area contributed by atoms with Gasteiger partial charge in [-0.2, -0.15) is 0 Å². The molecule has 1 saturated heterocycles. The first-order valence-electron chi connectivity index (χ1n) is 7.26. The van der Waals surface area contributed by atoms with Crippen molar-refractivity contribution >= 4 is 23.5 Å². The highest BCUT2D eigenvalue weighted by Crippen LogP contribution is 2.46. The average Bonchev–Trinajstić information content (AvgIpc) is 2.45. The number of carbonyl (C=O) groups is 2. The fraction of sp³-hybridized carbons (Fsp3) is 0.533. The number of carboxylic acids is 1. The maximum absolute atomic E-state index is 12.3. The molecule has 1 spiro atoms. The van der Waals surface area contributed by atoms with Gasteiger partial charge in [-0.1, -0.05) is 11.6 Å². The zero-order valence-corrected chi connectivity index (χ0v) is 12.7. The van der Waals surface area contributed by atoms with E-state index in [1.54, 1.807) is 6.07 Å². The van der Waals surface area contributed by atoms with Crippen LogP contribution >= 0.6 is 11.6 Å². The fourth-order valence-corrected chi connectivity index (χ4v) is 3.48. The molecule has 7 heteroatoms. The smallest absolute Gasteiger partial charge is 0.306 e. The van der Waals surface area contributed by atoms with Crippen LogP contribution in [0.15, 0.2) is 18.5 Å². The summed E-state index contributed by atoms with van der Waals surface area (Å²) in [5.41, 5.74) is 0.00983. The van der Waals surface area contributed by atoms with Gasteiger partial charge in [0, 0.05) is 25.0 Å². The van der Waals surface area contributed by atoms with Crippen LogP contribution in [0.4, 0.5) is 0 Å². The van der Waals surface area contributed by atoms with E-state index >= 15 is 0 Å². The lowest BCUT2D eigenvalue weighted by atomic mass is 9.66. The SMILES string of the molecule is O=C(NC1CCOC2(C1)CC(C(=O)O)C2)c1ccncc1Cl. The lowest BCUT2D eigenvalue weighted by Gasteiger charge is -2.50. The van der Waals surface area contributed by atoms with Crippen molar-refractivity contribution in [2.24, 2.45) is 5.92 Å². The van der Waals surface area contributed by atoms with Gasteiger partial charge in [0.25, 0.3) is 5.91 Å². The second-order valence-corrected chi connectivity index (χ2v) is 6.40. The Morgan fingerprint density at radius 1 is 1.41 bits per heavy atom. The van der Waals surface area contributed by atoms with Crippen molar-refractivity contribution in [1.29, 1.82) is 0 Å². The first kappa shape index (κ1) is 15.2. The summed E-state index contributed by atoms with van der Waals surface area (Å²) in [6.45, 7) is 0.529. The predicted octanol–water partition coefficient (Wildman–Crippen LogP) is 1.88. The number of aliphatic carboxylic acids is 1. The summed E-state index contributed by atoms with van der Waals surface area (Å²) in [4.78, 5) is 27.1. The molecule has 0 bridgehead atoms. The van der Waals surface area contributed by atoms with Gasteiger partial charge in [0.15, 0.2) is 0 Å². The van der Waals surface area contributed by atoms with Crippen LogP contribution in [-0.4, -0.2) is 40.2 Å². The van der Waals surface area contributed by atoms with Crippen molar-refractivity contribution < 1.29 is 19.4 Å². The van der Waals surface area contributed by atoms with Gasteiger partial charge in [-0.25, -0.2) is 0 Å². The number of hydrogen-bond donors (Lipinski definition) is 2. The van der Waals surface area contributed by atoms with E-state index in [9.17, 15) is 9.59 Å². The van der Waals surface area contributed by atoms with Gasteiger partial charge < -0.3 is 15.2 Å². The van der Waals surface area contributed by atoms with E-state index in [4.69, 9.17) is 21.4 Å². The van der Waals surface area contributed by atoms with E-state index in [2.05, 4.69) is 10.3 Å². The number of hydrogen-bond acceptors (Lipinski definition) is 4. The van der Waals surface area contributed by atoms with Crippen molar-refractivity contribution in [2.45, 2.75) is 37.3 Å². The van der Waals surface area contributed by atoms with Crippen LogP contribution < -0.4 is 5.32 Å². The van der Waals surface area contributed by atoms with E-state index in [-0.39, 0.29) is 23.5 Å². The van der Waals surface area contributed by atoms with Crippen molar-refractivity contribution in [1.82, 2.24) is 10.3 Å². The standard InChI is InChI=1S/C15H17ClN2O4/c16-12-8-17-3-1-11(12)13(19)18-10-2-4-22-15(7-10)5-9(6-15)14(20)21/h1,3,8-10H,2,4-7H2,(H,18,19)(H,20,21). The number of nitrogens with one attached hydrogen (secondary N) is 1. The van der Waals surface area contributed by atoms with E-state index < -0.39 is 5.97 Å². The number of carboxylic acid groups (broad SMARTS) is 1. The largest absolute Gasteiger partial charge is 0.481 e. The zero-order chi connectivity index (χ0) is 15.7. The average molecular weight is 325 g/mol. The van der Waals surface area contributed by atoms with Gasteiger partial charge in [-0.3, -0.25) is 14.6 Å². The van der Waals surface area contributed by atoms with Gasteiger partial charge >= 0.3 is 5.97 Å². The van der Waals surface area contributed by atoms with Crippen LogP contribution in [-0.2, 0) is 9.53 Å². The molecule has 1 aromatic rings. The van der Waals surface area contributed by atoms with E-state index in [1.165, 1.54) is 12.4 Å². The summed E-state index contributed by atoms with van der Waals surface area (Å²) in [5.74, 6) is -1.34. The molecule has 0 aromatic carbocycles. The number of carbonyl (C=O) groups excluding carboxylic acids is 1. The Balaban J connectivity index is 1.61. The Labute approximate surface area is 132 Å². The maximum atomic E-state index is 12.3. The Morgan fingerprint density at radius 3 is 2.86 bits per heavy atom. The molecule has 2 heterocycles. The predicted molar refractivity (Wildman–Crippen MR) is 78.8 cm³/mol. The molecule has 22 heavy (non-hydrogen) atoms. The molecule has 3 rings (SSSR count). The molecule has 2 fully saturated rings. The van der Waals surface area contributed by atoms with Crippen molar-refractivity contribution in [3.05, 3.63) is 29.0 Å². The number of amides is 1. The molecule has 1 unspecified atom stereocenters. The molecule has 1 amide bonds. The fourth-order valence-electron chi connectivity index (χ4n) is 3.27. The minimum Gasteiger partial charge on any atom is -0.481 e. The molecule has 1 aliphatic carbocycles. The summed E-state index contributed by atoms with van der Waals surface area (Å²) in [7, 11) is 0. The summed E-state index contributed by atoms with van der Waals surface area (Å²) in [6.07, 6.45) is 5.36. The quantitative estimate of drug-likeness (QED) is 0.886. The highest BCUT2D eigenvalue weighted by molar-refractivity contribution is 6.33. The molecular formula is C15H17ClN2O4. The second kappa shape index (κ2) is 5.85. The Hall–Kier alpha value is -1.66. The Kier molecular flexibility index (Phi) is 4.06. The van der Waals surface area contributed by atoms with Crippen molar-refractivity contribution in [3.63, 3.8) is 0 Å². The lowest BCUT2D eigenvalue weighted by Crippen LogP contribution is -2.56. The van der Waals surface area contributed by atoms with Gasteiger partial charge in [0.05, 0.1) is 22.1 Å². The first-order chi connectivity index (χ1) is 10.5. The molecule has 2 aliphatic rings. The Bertz CT molecular complexity index is 601. The summed E-state index contributed by atoms with van der Waals surface area (Å²) >= 11 is 5.97. The van der Waals surface area contributed by atoms with Gasteiger partial charge in [-0.15, -0.1) is 0 Å². The molecule has 118 valence electrons. The summed E-state index contributed by atoms with van der Waals surface area (Å²) < 4.78 is 5.77. The monoisotopic (exact) mass is 324 g/mol. The molecule has 1 aliphatic heterocycles. The van der Waals surface area contributed by atoms with Crippen LogP contribution in [0.1, 0.15) is 36.0 Å². The lowest BCUT2D eigenvalue weighted by molar-refractivity contribution is -0.181. The highest BCUT2D eigenvalue weighted by atomic mass is 35.5. The maximum Gasteiger partial charge on any atom is 0.306 e. The molecule has 0 radical (unpaired) electrons. The van der Waals surface area contributed by atoms with E-state index in [0.717, 1.165) is 0 Å². The number of nitrogens with zero attached hydrogens (tertiary/aromatic N) is 1. The number of rotatable bonds is 3. The molecule has 6 nitrogen and oxygen atoms in total. The normalized spacial score (nSPS) is 30.6. The number of pyridine rings is 1. The summed E-state index contributed by atoms with van der Waals surface area (Å²) in [5, 5.41) is 12.3. The third kappa shape index (κ3) is 2.94. The van der Waals surface area contributed by atoms with Crippen molar-refractivity contribution in [3.8, 4) is 0 Å². The first-order valence-corrected chi connectivity index (χ1v) is 7.64. The third-order valence-corrected chi connectivity index (χ3v) is 4.73. The molecule has 1 atom stereocenters. The van der Waals surface area contributed by atoms with Gasteiger partial charge in [0.2, 0.25) is 0 Å². The Morgan fingerprint density at radius 2 is 2.18 bits per heavy atom. The topological polar surface area (TPSA) is 88.5 Å². The van der Waals surface area contributed by atoms with E-state index in [0.29, 0.717) is 42.9 Å². The number of ether oxygens (including phenoxy) is 1. The molecular weight excluding hydrogens is 308 g/mol. The van der Waals surface area contributed by atoms with Crippen LogP contribution in [0, 0.1) is 5.92 Å². The minimum atomic E-state index is -0.774.